The van der Waals surface area contributed by atoms with Crippen LogP contribution in [0.4, 0.5) is 5.69 Å². The number of rotatable bonds is 4. The Kier molecular flexibility index (Phi) is 4.13. The standard InChI is InChI=1S/C16H13N3O4S/c1-9-8-24-16-17-7-12(15(23)19(9)16)14(22)18-11-4-2-3-10(5-11)6-13(20)21/h2-5,7-8H,6H2,1H3,(H,18,22)(H,20,21). The number of hydrogen-bond acceptors (Lipinski definition) is 5. The van der Waals surface area contributed by atoms with Gasteiger partial charge in [0.25, 0.3) is 11.5 Å². The minimum Gasteiger partial charge on any atom is -0.481 e. The average Bonchev–Trinajstić information content (AvgIpc) is 2.89. The second-order valence-corrected chi connectivity index (χ2v) is 6.03. The van der Waals surface area contributed by atoms with Crippen molar-refractivity contribution < 1.29 is 14.7 Å². The molecule has 1 aromatic carbocycles. The molecule has 0 saturated carbocycles. The Labute approximate surface area is 140 Å². The zero-order chi connectivity index (χ0) is 17.3. The number of thiazole rings is 1. The van der Waals surface area contributed by atoms with Crippen LogP contribution < -0.4 is 10.9 Å². The fraction of sp³-hybridized carbons (Fsp3) is 0.125. The summed E-state index contributed by atoms with van der Waals surface area (Å²) in [7, 11) is 0. The van der Waals surface area contributed by atoms with Crippen LogP contribution in [0.25, 0.3) is 4.96 Å². The first-order valence-corrected chi connectivity index (χ1v) is 7.91. The molecule has 122 valence electrons. The number of aryl methyl sites for hydroxylation is 1. The fourth-order valence-electron chi connectivity index (χ4n) is 2.31. The lowest BCUT2D eigenvalue weighted by Crippen LogP contribution is -2.26. The zero-order valence-electron chi connectivity index (χ0n) is 12.6. The Hall–Kier alpha value is -3.00. The van der Waals surface area contributed by atoms with Gasteiger partial charge in [0.1, 0.15) is 5.56 Å². The molecule has 0 radical (unpaired) electrons. The van der Waals surface area contributed by atoms with E-state index in [4.69, 9.17) is 5.11 Å². The number of carboxylic acids is 1. The number of aliphatic carboxylic acids is 1. The van der Waals surface area contributed by atoms with E-state index in [9.17, 15) is 14.4 Å². The molecule has 3 aromatic rings. The van der Waals surface area contributed by atoms with E-state index in [-0.39, 0.29) is 12.0 Å². The number of carbonyl (C=O) groups excluding carboxylic acids is 1. The van der Waals surface area contributed by atoms with Crippen LogP contribution in [-0.4, -0.2) is 26.4 Å². The normalized spacial score (nSPS) is 10.7. The number of hydrogen-bond donors (Lipinski definition) is 2. The van der Waals surface area contributed by atoms with Crippen molar-refractivity contribution >= 4 is 33.9 Å². The summed E-state index contributed by atoms with van der Waals surface area (Å²) in [6.07, 6.45) is 1.11. The molecule has 2 heterocycles. The first kappa shape index (κ1) is 15.9. The number of carboxylic acid groups (broad SMARTS) is 1. The Morgan fingerprint density at radius 1 is 1.38 bits per heavy atom. The summed E-state index contributed by atoms with van der Waals surface area (Å²) in [6.45, 7) is 1.77. The van der Waals surface area contributed by atoms with Gasteiger partial charge in [-0.25, -0.2) is 4.98 Å². The molecule has 0 atom stereocenters. The molecule has 8 heteroatoms. The topological polar surface area (TPSA) is 101 Å². The Morgan fingerprint density at radius 3 is 2.92 bits per heavy atom. The number of aromatic nitrogens is 2. The van der Waals surface area contributed by atoms with E-state index in [0.717, 1.165) is 0 Å². The van der Waals surface area contributed by atoms with Crippen molar-refractivity contribution in [1.82, 2.24) is 9.38 Å². The SMILES string of the molecule is Cc1csc2ncc(C(=O)Nc3cccc(CC(=O)O)c3)c(=O)n12. The highest BCUT2D eigenvalue weighted by atomic mass is 32.1. The number of fused-ring (bicyclic) bond motifs is 1. The third-order valence-electron chi connectivity index (χ3n) is 3.40. The first-order valence-electron chi connectivity index (χ1n) is 7.03. The van der Waals surface area contributed by atoms with Gasteiger partial charge in [-0.15, -0.1) is 11.3 Å². The van der Waals surface area contributed by atoms with Crippen molar-refractivity contribution in [3.05, 3.63) is 63.0 Å². The van der Waals surface area contributed by atoms with Gasteiger partial charge in [0.15, 0.2) is 4.96 Å². The number of benzene rings is 1. The average molecular weight is 343 g/mol. The van der Waals surface area contributed by atoms with E-state index in [2.05, 4.69) is 10.3 Å². The van der Waals surface area contributed by atoms with Gasteiger partial charge in [-0.3, -0.25) is 18.8 Å². The van der Waals surface area contributed by atoms with E-state index in [1.54, 1.807) is 36.6 Å². The van der Waals surface area contributed by atoms with Crippen LogP contribution in [0.3, 0.4) is 0 Å². The third kappa shape index (κ3) is 3.04. The van der Waals surface area contributed by atoms with Gasteiger partial charge in [-0.1, -0.05) is 12.1 Å². The van der Waals surface area contributed by atoms with Crippen LogP contribution in [0.1, 0.15) is 21.6 Å². The van der Waals surface area contributed by atoms with Gasteiger partial charge < -0.3 is 10.4 Å². The largest absolute Gasteiger partial charge is 0.481 e. The molecule has 2 aromatic heterocycles. The smallest absolute Gasteiger partial charge is 0.307 e. The quantitative estimate of drug-likeness (QED) is 0.754. The van der Waals surface area contributed by atoms with Gasteiger partial charge in [0, 0.05) is 23.0 Å². The molecule has 0 aliphatic heterocycles. The molecule has 1 amide bonds. The Bertz CT molecular complexity index is 1010. The molecular weight excluding hydrogens is 330 g/mol. The van der Waals surface area contributed by atoms with E-state index in [1.165, 1.54) is 21.9 Å². The number of amides is 1. The van der Waals surface area contributed by atoms with Gasteiger partial charge in [-0.2, -0.15) is 0 Å². The minimum atomic E-state index is -0.959. The Morgan fingerprint density at radius 2 is 2.17 bits per heavy atom. The molecule has 0 aliphatic carbocycles. The molecular formula is C16H13N3O4S. The maximum atomic E-state index is 12.4. The van der Waals surface area contributed by atoms with Crippen molar-refractivity contribution in [1.29, 1.82) is 0 Å². The van der Waals surface area contributed by atoms with Crippen molar-refractivity contribution in [3.8, 4) is 0 Å². The van der Waals surface area contributed by atoms with Gasteiger partial charge in [0.05, 0.1) is 6.42 Å². The van der Waals surface area contributed by atoms with Crippen LogP contribution in [0.15, 0.2) is 40.6 Å². The summed E-state index contributed by atoms with van der Waals surface area (Å²) in [4.78, 5) is 40.2. The lowest BCUT2D eigenvalue weighted by atomic mass is 10.1. The highest BCUT2D eigenvalue weighted by Crippen LogP contribution is 2.14. The van der Waals surface area contributed by atoms with Crippen molar-refractivity contribution in [2.24, 2.45) is 0 Å². The summed E-state index contributed by atoms with van der Waals surface area (Å²) in [6, 6.07) is 6.49. The highest BCUT2D eigenvalue weighted by molar-refractivity contribution is 7.15. The monoisotopic (exact) mass is 343 g/mol. The number of carbonyl (C=O) groups is 2. The van der Waals surface area contributed by atoms with Crippen LogP contribution in [0.2, 0.25) is 0 Å². The highest BCUT2D eigenvalue weighted by Gasteiger charge is 2.15. The minimum absolute atomic E-state index is 0.0716. The predicted molar refractivity (Wildman–Crippen MR) is 89.8 cm³/mol. The number of anilines is 1. The predicted octanol–water partition coefficient (Wildman–Crippen LogP) is 1.94. The molecule has 24 heavy (non-hydrogen) atoms. The lowest BCUT2D eigenvalue weighted by molar-refractivity contribution is -0.136. The molecule has 0 bridgehead atoms. The van der Waals surface area contributed by atoms with E-state index >= 15 is 0 Å². The van der Waals surface area contributed by atoms with Crippen LogP contribution in [0, 0.1) is 6.92 Å². The van der Waals surface area contributed by atoms with E-state index in [0.29, 0.717) is 21.9 Å². The van der Waals surface area contributed by atoms with E-state index < -0.39 is 17.4 Å². The summed E-state index contributed by atoms with van der Waals surface area (Å²) < 4.78 is 1.39. The van der Waals surface area contributed by atoms with Crippen LogP contribution in [0.5, 0.6) is 0 Å². The van der Waals surface area contributed by atoms with Gasteiger partial charge >= 0.3 is 5.97 Å². The van der Waals surface area contributed by atoms with Crippen molar-refractivity contribution in [2.45, 2.75) is 13.3 Å². The molecule has 0 fully saturated rings. The number of nitrogens with one attached hydrogen (secondary N) is 1. The van der Waals surface area contributed by atoms with Crippen molar-refractivity contribution in [3.63, 3.8) is 0 Å². The number of nitrogens with zero attached hydrogens (tertiary/aromatic N) is 2. The van der Waals surface area contributed by atoms with Gasteiger partial charge in [0.2, 0.25) is 0 Å². The summed E-state index contributed by atoms with van der Waals surface area (Å²) in [5.74, 6) is -1.54. The summed E-state index contributed by atoms with van der Waals surface area (Å²) in [5.41, 5.74) is 1.19. The molecule has 2 N–H and O–H groups in total. The maximum Gasteiger partial charge on any atom is 0.307 e. The third-order valence-corrected chi connectivity index (χ3v) is 4.36. The van der Waals surface area contributed by atoms with E-state index in [1.807, 2.05) is 0 Å². The summed E-state index contributed by atoms with van der Waals surface area (Å²) >= 11 is 1.32. The van der Waals surface area contributed by atoms with Crippen molar-refractivity contribution in [2.75, 3.05) is 5.32 Å². The Balaban J connectivity index is 1.90. The summed E-state index contributed by atoms with van der Waals surface area (Å²) in [5, 5.41) is 13.2. The molecule has 3 rings (SSSR count). The van der Waals surface area contributed by atoms with Crippen LogP contribution >= 0.6 is 11.3 Å². The second-order valence-electron chi connectivity index (χ2n) is 5.20. The fourth-order valence-corrected chi connectivity index (χ4v) is 3.14. The second kappa shape index (κ2) is 6.25. The molecule has 0 aliphatic rings. The molecule has 0 spiro atoms. The molecule has 0 saturated heterocycles. The van der Waals surface area contributed by atoms with Gasteiger partial charge in [-0.05, 0) is 24.6 Å². The first-order chi connectivity index (χ1) is 11.5. The zero-order valence-corrected chi connectivity index (χ0v) is 13.5. The maximum absolute atomic E-state index is 12.4. The molecule has 0 unspecified atom stereocenters. The lowest BCUT2D eigenvalue weighted by Gasteiger charge is -2.07. The molecule has 7 nitrogen and oxygen atoms in total. The van der Waals surface area contributed by atoms with Crippen LogP contribution in [-0.2, 0) is 11.2 Å².